The Hall–Kier alpha value is -2.09. The lowest BCUT2D eigenvalue weighted by atomic mass is 9.90. The van der Waals surface area contributed by atoms with Crippen molar-refractivity contribution in [3.8, 4) is 0 Å². The van der Waals surface area contributed by atoms with Gasteiger partial charge in [0.2, 0.25) is 0 Å². The van der Waals surface area contributed by atoms with Gasteiger partial charge in [-0.05, 0) is 44.4 Å². The first-order valence-electron chi connectivity index (χ1n) is 6.87. The van der Waals surface area contributed by atoms with E-state index in [1.165, 1.54) is 5.56 Å². The van der Waals surface area contributed by atoms with E-state index >= 15 is 0 Å². The minimum atomic E-state index is -0.266. The zero-order valence-corrected chi connectivity index (χ0v) is 12.3. The summed E-state index contributed by atoms with van der Waals surface area (Å²) in [6.45, 7) is 8.12. The van der Waals surface area contributed by atoms with Gasteiger partial charge in [0.25, 0.3) is 0 Å². The molecule has 0 aromatic heterocycles. The number of aryl methyl sites for hydroxylation is 4. The Morgan fingerprint density at radius 1 is 0.900 bits per heavy atom. The van der Waals surface area contributed by atoms with Crippen LogP contribution in [0.2, 0.25) is 0 Å². The second-order valence-corrected chi connectivity index (χ2v) is 5.63. The molecule has 1 atom stereocenters. The average Bonchev–Trinajstić information content (AvgIpc) is 2.76. The molecule has 1 aliphatic heterocycles. The molecular weight excluding hydrogens is 248 g/mol. The van der Waals surface area contributed by atoms with Gasteiger partial charge in [-0.3, -0.25) is 0 Å². The molecule has 0 aliphatic carbocycles. The number of rotatable bonds is 1. The van der Waals surface area contributed by atoms with Gasteiger partial charge in [0.1, 0.15) is 0 Å². The monoisotopic (exact) mass is 266 g/mol. The molecule has 0 saturated heterocycles. The van der Waals surface area contributed by atoms with Crippen LogP contribution in [-0.2, 0) is 4.74 Å². The van der Waals surface area contributed by atoms with Crippen LogP contribution in [0.25, 0.3) is 0 Å². The number of fused-ring (bicyclic) bond motifs is 1. The summed E-state index contributed by atoms with van der Waals surface area (Å²) >= 11 is 0. The van der Waals surface area contributed by atoms with Crippen molar-refractivity contribution < 1.29 is 9.53 Å². The summed E-state index contributed by atoms with van der Waals surface area (Å²) in [6, 6.07) is 10.3. The van der Waals surface area contributed by atoms with Gasteiger partial charge in [-0.15, -0.1) is 0 Å². The Kier molecular flexibility index (Phi) is 2.89. The van der Waals surface area contributed by atoms with Gasteiger partial charge >= 0.3 is 5.97 Å². The number of hydrogen-bond donors (Lipinski definition) is 0. The van der Waals surface area contributed by atoms with Crippen molar-refractivity contribution in [2.24, 2.45) is 0 Å². The van der Waals surface area contributed by atoms with E-state index in [4.69, 9.17) is 4.74 Å². The van der Waals surface area contributed by atoms with Crippen LogP contribution in [0.15, 0.2) is 30.3 Å². The van der Waals surface area contributed by atoms with E-state index in [1.54, 1.807) is 0 Å². The van der Waals surface area contributed by atoms with E-state index in [9.17, 15) is 4.79 Å². The van der Waals surface area contributed by atoms with Crippen molar-refractivity contribution in [1.82, 2.24) is 0 Å². The standard InChI is InChI=1S/C18H18O2/c1-10-5-6-11(2)14(9-10)17-15-12(3)7-8-13(4)16(15)18(19)20-17/h5-9,17H,1-4H3. The Morgan fingerprint density at radius 3 is 2.30 bits per heavy atom. The van der Waals surface area contributed by atoms with Crippen LogP contribution in [-0.4, -0.2) is 5.97 Å². The summed E-state index contributed by atoms with van der Waals surface area (Å²) in [4.78, 5) is 12.2. The molecule has 1 unspecified atom stereocenters. The Morgan fingerprint density at radius 2 is 1.55 bits per heavy atom. The van der Waals surface area contributed by atoms with E-state index in [1.807, 2.05) is 19.9 Å². The van der Waals surface area contributed by atoms with Crippen LogP contribution >= 0.6 is 0 Å². The van der Waals surface area contributed by atoms with Gasteiger partial charge in [0.15, 0.2) is 6.10 Å². The molecule has 2 aromatic rings. The predicted octanol–water partition coefficient (Wildman–Crippen LogP) is 4.18. The van der Waals surface area contributed by atoms with Gasteiger partial charge in [0, 0.05) is 11.1 Å². The van der Waals surface area contributed by atoms with Crippen molar-refractivity contribution in [2.75, 3.05) is 0 Å². The second-order valence-electron chi connectivity index (χ2n) is 5.63. The maximum absolute atomic E-state index is 12.2. The van der Waals surface area contributed by atoms with Gasteiger partial charge in [0.05, 0.1) is 5.56 Å². The molecule has 0 radical (unpaired) electrons. The SMILES string of the molecule is Cc1ccc(C)c(C2OC(=O)c3c(C)ccc(C)c32)c1. The number of hydrogen-bond acceptors (Lipinski definition) is 2. The van der Waals surface area contributed by atoms with Crippen molar-refractivity contribution in [1.29, 1.82) is 0 Å². The molecule has 0 N–H and O–H groups in total. The average molecular weight is 266 g/mol. The Balaban J connectivity index is 2.23. The highest BCUT2D eigenvalue weighted by atomic mass is 16.5. The van der Waals surface area contributed by atoms with E-state index < -0.39 is 0 Å². The first-order valence-corrected chi connectivity index (χ1v) is 6.87. The van der Waals surface area contributed by atoms with Crippen molar-refractivity contribution >= 4 is 5.97 Å². The van der Waals surface area contributed by atoms with E-state index in [0.29, 0.717) is 0 Å². The third-order valence-corrected chi connectivity index (χ3v) is 4.08. The predicted molar refractivity (Wildman–Crippen MR) is 79.1 cm³/mol. The fraction of sp³-hybridized carbons (Fsp3) is 0.278. The Labute approximate surface area is 119 Å². The second kappa shape index (κ2) is 4.48. The largest absolute Gasteiger partial charge is 0.449 e. The third kappa shape index (κ3) is 1.83. The molecule has 2 aromatic carbocycles. The highest BCUT2D eigenvalue weighted by Gasteiger charge is 2.35. The van der Waals surface area contributed by atoms with Crippen molar-refractivity contribution in [2.45, 2.75) is 33.8 Å². The van der Waals surface area contributed by atoms with Gasteiger partial charge in [-0.1, -0.05) is 35.9 Å². The number of cyclic esters (lactones) is 1. The summed E-state index contributed by atoms with van der Waals surface area (Å²) in [5, 5.41) is 0. The molecule has 3 rings (SSSR count). The molecule has 20 heavy (non-hydrogen) atoms. The van der Waals surface area contributed by atoms with E-state index in [-0.39, 0.29) is 12.1 Å². The molecule has 102 valence electrons. The molecule has 1 heterocycles. The molecule has 0 fully saturated rings. The fourth-order valence-corrected chi connectivity index (χ4v) is 2.93. The maximum Gasteiger partial charge on any atom is 0.339 e. The van der Waals surface area contributed by atoms with Crippen LogP contribution in [0.5, 0.6) is 0 Å². The zero-order valence-electron chi connectivity index (χ0n) is 12.3. The molecule has 2 nitrogen and oxygen atoms in total. The molecule has 0 bridgehead atoms. The number of esters is 1. The number of ether oxygens (including phenoxy) is 1. The maximum atomic E-state index is 12.2. The number of carbonyl (C=O) groups excluding carboxylic acids is 1. The third-order valence-electron chi connectivity index (χ3n) is 4.08. The molecule has 0 amide bonds. The molecular formula is C18H18O2. The Bertz CT molecular complexity index is 714. The summed E-state index contributed by atoms with van der Waals surface area (Å²) in [5.41, 5.74) is 7.30. The minimum absolute atomic E-state index is 0.202. The van der Waals surface area contributed by atoms with Crippen LogP contribution in [0.1, 0.15) is 49.8 Å². The quantitative estimate of drug-likeness (QED) is 0.724. The smallest absolute Gasteiger partial charge is 0.339 e. The lowest BCUT2D eigenvalue weighted by Crippen LogP contribution is -2.04. The molecule has 0 saturated carbocycles. The number of carbonyl (C=O) groups is 1. The fourth-order valence-electron chi connectivity index (χ4n) is 2.93. The summed E-state index contributed by atoms with van der Waals surface area (Å²) in [7, 11) is 0. The minimum Gasteiger partial charge on any atom is -0.449 e. The van der Waals surface area contributed by atoms with Crippen LogP contribution in [0.4, 0.5) is 0 Å². The lowest BCUT2D eigenvalue weighted by molar-refractivity contribution is 0.0454. The van der Waals surface area contributed by atoms with Crippen LogP contribution < -0.4 is 0 Å². The first kappa shape index (κ1) is 12.9. The summed E-state index contributed by atoms with van der Waals surface area (Å²) in [5.74, 6) is -0.202. The van der Waals surface area contributed by atoms with Gasteiger partial charge < -0.3 is 4.74 Å². The van der Waals surface area contributed by atoms with Crippen molar-refractivity contribution in [3.05, 3.63) is 69.3 Å². The highest BCUT2D eigenvalue weighted by molar-refractivity contribution is 5.96. The summed E-state index contributed by atoms with van der Waals surface area (Å²) in [6.07, 6.45) is -0.266. The number of benzene rings is 2. The summed E-state index contributed by atoms with van der Waals surface area (Å²) < 4.78 is 5.68. The van der Waals surface area contributed by atoms with E-state index in [0.717, 1.165) is 33.4 Å². The molecule has 1 aliphatic rings. The zero-order chi connectivity index (χ0) is 14.4. The van der Waals surface area contributed by atoms with Crippen LogP contribution in [0.3, 0.4) is 0 Å². The van der Waals surface area contributed by atoms with Gasteiger partial charge in [-0.25, -0.2) is 4.79 Å². The van der Waals surface area contributed by atoms with Crippen molar-refractivity contribution in [3.63, 3.8) is 0 Å². The van der Waals surface area contributed by atoms with Gasteiger partial charge in [-0.2, -0.15) is 0 Å². The molecule has 2 heteroatoms. The molecule has 0 spiro atoms. The van der Waals surface area contributed by atoms with Crippen LogP contribution in [0, 0.1) is 27.7 Å². The normalized spacial score (nSPS) is 17.0. The topological polar surface area (TPSA) is 26.3 Å². The van der Waals surface area contributed by atoms with E-state index in [2.05, 4.69) is 38.1 Å². The lowest BCUT2D eigenvalue weighted by Gasteiger charge is -2.16. The first-order chi connectivity index (χ1) is 9.49. The highest BCUT2D eigenvalue weighted by Crippen LogP contribution is 2.40.